The molecule has 6 heteroatoms. The number of amides is 1. The lowest BCUT2D eigenvalue weighted by atomic mass is 10.1. The monoisotopic (exact) mass is 446 g/mol. The van der Waals surface area contributed by atoms with Gasteiger partial charge in [0.25, 0.3) is 5.91 Å². The zero-order valence-corrected chi connectivity index (χ0v) is 18.7. The lowest BCUT2D eigenvalue weighted by Gasteiger charge is -2.26. The van der Waals surface area contributed by atoms with Gasteiger partial charge in [0.1, 0.15) is 12.4 Å². The van der Waals surface area contributed by atoms with Gasteiger partial charge in [-0.15, -0.1) is 0 Å². The fourth-order valence-electron chi connectivity index (χ4n) is 3.74. The summed E-state index contributed by atoms with van der Waals surface area (Å²) in [5.41, 5.74) is 3.18. The molecule has 1 fully saturated rings. The molecule has 1 heterocycles. The number of piperidine rings is 1. The van der Waals surface area contributed by atoms with Gasteiger partial charge < -0.3 is 14.4 Å². The van der Waals surface area contributed by atoms with Crippen LogP contribution in [0.25, 0.3) is 0 Å². The van der Waals surface area contributed by atoms with Gasteiger partial charge in [0.05, 0.1) is 12.8 Å². The average Bonchev–Trinajstić information content (AvgIpc) is 2.87. The molecular weight excluding hydrogens is 419 g/mol. The van der Waals surface area contributed by atoms with Crippen molar-refractivity contribution < 1.29 is 18.7 Å². The predicted octanol–water partition coefficient (Wildman–Crippen LogP) is 5.79. The Labute approximate surface area is 193 Å². The fourth-order valence-corrected chi connectivity index (χ4v) is 3.74. The molecule has 0 atom stereocenters. The van der Waals surface area contributed by atoms with E-state index in [9.17, 15) is 9.18 Å². The van der Waals surface area contributed by atoms with E-state index in [1.54, 1.807) is 25.5 Å². The van der Waals surface area contributed by atoms with Crippen molar-refractivity contribution in [1.29, 1.82) is 0 Å². The molecule has 1 aliphatic rings. The van der Waals surface area contributed by atoms with Crippen LogP contribution in [0.15, 0.2) is 71.7 Å². The number of likely N-dealkylation sites (tertiary alicyclic amines) is 1. The minimum Gasteiger partial charge on any atom is -0.493 e. The number of aliphatic imine (C=N–C) groups is 1. The highest BCUT2D eigenvalue weighted by Gasteiger charge is 2.18. The second-order valence-corrected chi connectivity index (χ2v) is 7.98. The van der Waals surface area contributed by atoms with Crippen LogP contribution in [-0.2, 0) is 6.61 Å². The quantitative estimate of drug-likeness (QED) is 0.432. The zero-order chi connectivity index (χ0) is 23.0. The number of carbonyl (C=O) groups is 1. The number of halogens is 1. The van der Waals surface area contributed by atoms with E-state index >= 15 is 0 Å². The van der Waals surface area contributed by atoms with Crippen LogP contribution in [0.3, 0.4) is 0 Å². The molecule has 1 saturated heterocycles. The molecule has 0 N–H and O–H groups in total. The van der Waals surface area contributed by atoms with E-state index in [1.807, 2.05) is 47.4 Å². The number of nitrogens with zero attached hydrogens (tertiary/aromatic N) is 2. The first-order valence-electron chi connectivity index (χ1n) is 11.1. The van der Waals surface area contributed by atoms with Crippen LogP contribution in [-0.4, -0.2) is 37.2 Å². The highest BCUT2D eigenvalue weighted by atomic mass is 19.1. The maximum absolute atomic E-state index is 13.0. The van der Waals surface area contributed by atoms with Crippen molar-refractivity contribution in [2.24, 2.45) is 4.99 Å². The van der Waals surface area contributed by atoms with Crippen molar-refractivity contribution in [2.45, 2.75) is 25.9 Å². The number of carbonyl (C=O) groups excluding carboxylic acids is 1. The van der Waals surface area contributed by atoms with Gasteiger partial charge in [-0.05, 0) is 85.0 Å². The molecule has 1 aliphatic heterocycles. The largest absolute Gasteiger partial charge is 0.493 e. The van der Waals surface area contributed by atoms with Crippen molar-refractivity contribution in [3.05, 3.63) is 89.2 Å². The average molecular weight is 447 g/mol. The van der Waals surface area contributed by atoms with E-state index in [0.717, 1.165) is 37.1 Å². The van der Waals surface area contributed by atoms with Gasteiger partial charge in [0.2, 0.25) is 0 Å². The summed E-state index contributed by atoms with van der Waals surface area (Å²) in [5, 5.41) is 0. The molecule has 0 aromatic heterocycles. The first kappa shape index (κ1) is 22.5. The topological polar surface area (TPSA) is 51.1 Å². The lowest BCUT2D eigenvalue weighted by molar-refractivity contribution is 0.0724. The van der Waals surface area contributed by atoms with Crippen LogP contribution in [0, 0.1) is 5.82 Å². The maximum atomic E-state index is 13.0. The summed E-state index contributed by atoms with van der Waals surface area (Å²) in [6.07, 6.45) is 5.05. The third-order valence-electron chi connectivity index (χ3n) is 5.62. The van der Waals surface area contributed by atoms with E-state index in [1.165, 1.54) is 18.6 Å². The summed E-state index contributed by atoms with van der Waals surface area (Å²) in [4.78, 5) is 18.9. The van der Waals surface area contributed by atoms with Crippen molar-refractivity contribution in [3.63, 3.8) is 0 Å². The molecule has 0 saturated carbocycles. The van der Waals surface area contributed by atoms with Crippen LogP contribution < -0.4 is 9.47 Å². The molecule has 33 heavy (non-hydrogen) atoms. The molecule has 0 aliphatic carbocycles. The Bertz CT molecular complexity index is 1110. The molecule has 0 bridgehead atoms. The third kappa shape index (κ3) is 5.98. The molecule has 1 amide bonds. The molecule has 0 radical (unpaired) electrons. The van der Waals surface area contributed by atoms with Crippen LogP contribution >= 0.6 is 0 Å². The smallest absolute Gasteiger partial charge is 0.253 e. The molecule has 5 nitrogen and oxygen atoms in total. The van der Waals surface area contributed by atoms with Crippen LogP contribution in [0.1, 0.15) is 40.7 Å². The van der Waals surface area contributed by atoms with Crippen molar-refractivity contribution >= 4 is 17.8 Å². The second-order valence-electron chi connectivity index (χ2n) is 7.98. The zero-order valence-electron chi connectivity index (χ0n) is 18.7. The Morgan fingerprint density at radius 3 is 2.39 bits per heavy atom. The van der Waals surface area contributed by atoms with Gasteiger partial charge in [-0.3, -0.25) is 9.79 Å². The molecule has 0 unspecified atom stereocenters. The number of ether oxygens (including phenoxy) is 2. The standard InChI is InChI=1S/C27H27FN2O3/c1-32-26-17-21(18-29-24-12-10-23(28)11-13-24)7-14-25(26)33-19-20-5-8-22(9-6-20)27(31)30-15-3-2-4-16-30/h5-14,17-18H,2-4,15-16,19H2,1H3. The van der Waals surface area contributed by atoms with Gasteiger partial charge in [0, 0.05) is 24.9 Å². The molecule has 4 rings (SSSR count). The van der Waals surface area contributed by atoms with Crippen LogP contribution in [0.4, 0.5) is 10.1 Å². The first-order valence-corrected chi connectivity index (χ1v) is 11.1. The summed E-state index contributed by atoms with van der Waals surface area (Å²) in [7, 11) is 1.59. The van der Waals surface area contributed by atoms with Gasteiger partial charge >= 0.3 is 0 Å². The molecule has 3 aromatic rings. The minimum atomic E-state index is -0.291. The number of methoxy groups -OCH3 is 1. The molecule has 0 spiro atoms. The maximum Gasteiger partial charge on any atom is 0.253 e. The van der Waals surface area contributed by atoms with Gasteiger partial charge in [-0.2, -0.15) is 0 Å². The third-order valence-corrected chi connectivity index (χ3v) is 5.62. The lowest BCUT2D eigenvalue weighted by Crippen LogP contribution is -2.35. The Balaban J connectivity index is 1.37. The summed E-state index contributed by atoms with van der Waals surface area (Å²) in [6.45, 7) is 2.04. The van der Waals surface area contributed by atoms with Gasteiger partial charge in [-0.1, -0.05) is 12.1 Å². The van der Waals surface area contributed by atoms with E-state index in [-0.39, 0.29) is 11.7 Å². The second kappa shape index (κ2) is 10.8. The summed E-state index contributed by atoms with van der Waals surface area (Å²) in [5.74, 6) is 1.02. The summed E-state index contributed by atoms with van der Waals surface area (Å²) < 4.78 is 24.5. The SMILES string of the molecule is COc1cc(C=Nc2ccc(F)cc2)ccc1OCc1ccc(C(=O)N2CCCCC2)cc1. The van der Waals surface area contributed by atoms with Gasteiger partial charge in [0.15, 0.2) is 11.5 Å². The number of rotatable bonds is 7. The number of benzene rings is 3. The van der Waals surface area contributed by atoms with E-state index in [4.69, 9.17) is 9.47 Å². The van der Waals surface area contributed by atoms with Gasteiger partial charge in [-0.25, -0.2) is 4.39 Å². The van der Waals surface area contributed by atoms with Crippen LogP contribution in [0.5, 0.6) is 11.5 Å². The number of hydrogen-bond donors (Lipinski definition) is 0. The molecular formula is C27H27FN2O3. The van der Waals surface area contributed by atoms with Crippen molar-refractivity contribution in [1.82, 2.24) is 4.90 Å². The Morgan fingerprint density at radius 2 is 1.70 bits per heavy atom. The Morgan fingerprint density at radius 1 is 0.970 bits per heavy atom. The predicted molar refractivity (Wildman–Crippen MR) is 127 cm³/mol. The highest BCUT2D eigenvalue weighted by molar-refractivity contribution is 5.94. The normalized spacial score (nSPS) is 13.8. The van der Waals surface area contributed by atoms with Crippen molar-refractivity contribution in [3.8, 4) is 11.5 Å². The summed E-state index contributed by atoms with van der Waals surface area (Å²) in [6, 6.07) is 19.1. The van der Waals surface area contributed by atoms with Crippen LogP contribution in [0.2, 0.25) is 0 Å². The number of hydrogen-bond acceptors (Lipinski definition) is 4. The highest BCUT2D eigenvalue weighted by Crippen LogP contribution is 2.29. The van der Waals surface area contributed by atoms with E-state index in [2.05, 4.69) is 4.99 Å². The Hall–Kier alpha value is -3.67. The minimum absolute atomic E-state index is 0.0988. The van der Waals surface area contributed by atoms with E-state index in [0.29, 0.717) is 29.4 Å². The summed E-state index contributed by atoms with van der Waals surface area (Å²) >= 11 is 0. The fraction of sp³-hybridized carbons (Fsp3) is 0.259. The van der Waals surface area contributed by atoms with Crippen molar-refractivity contribution in [2.75, 3.05) is 20.2 Å². The Kier molecular flexibility index (Phi) is 7.35. The first-order chi connectivity index (χ1) is 16.1. The molecule has 3 aromatic carbocycles. The van der Waals surface area contributed by atoms with E-state index < -0.39 is 0 Å². The molecule has 170 valence electrons.